The van der Waals surface area contributed by atoms with E-state index in [1.165, 1.54) is 19.2 Å². The Bertz CT molecular complexity index is 1460. The summed E-state index contributed by atoms with van der Waals surface area (Å²) in [6, 6.07) is 14.8. The smallest absolute Gasteiger partial charge is 0.290 e. The number of rotatable bonds is 7. The number of aromatic nitrogens is 2. The van der Waals surface area contributed by atoms with Crippen molar-refractivity contribution in [3.63, 3.8) is 0 Å². The van der Waals surface area contributed by atoms with Crippen LogP contribution in [0.15, 0.2) is 54.6 Å². The number of amides is 1. The number of carbonyl (C=O) groups excluding carboxylic acids is 1. The first kappa shape index (κ1) is 25.7. The second-order valence-electron chi connectivity index (χ2n) is 8.81. The third kappa shape index (κ3) is 4.99. The summed E-state index contributed by atoms with van der Waals surface area (Å²) in [6.45, 7) is 5.34. The van der Waals surface area contributed by atoms with E-state index >= 15 is 0 Å². The lowest BCUT2D eigenvalue weighted by molar-refractivity contribution is -0.604. The molecule has 4 aromatic rings. The van der Waals surface area contributed by atoms with Crippen molar-refractivity contribution in [3.05, 3.63) is 93.7 Å². The largest absolute Gasteiger partial charge is 0.710 e. The number of aliphatic hydroxyl groups excluding tert-OH is 1. The van der Waals surface area contributed by atoms with E-state index in [0.29, 0.717) is 38.6 Å². The topological polar surface area (TPSA) is 113 Å². The van der Waals surface area contributed by atoms with E-state index < -0.39 is 6.23 Å². The number of aryl methyl sites for hydroxylation is 3. The van der Waals surface area contributed by atoms with E-state index in [2.05, 4.69) is 15.6 Å². The van der Waals surface area contributed by atoms with Gasteiger partial charge in [0, 0.05) is 30.8 Å². The average Bonchev–Trinajstić information content (AvgIpc) is 3.16. The lowest BCUT2D eigenvalue weighted by Crippen LogP contribution is -2.35. The molecule has 0 spiro atoms. The minimum Gasteiger partial charge on any atom is -0.710 e. The number of imidazole rings is 1. The molecule has 37 heavy (non-hydrogen) atoms. The predicted octanol–water partition coefficient (Wildman–Crippen LogP) is 4.52. The summed E-state index contributed by atoms with van der Waals surface area (Å²) in [4.78, 5) is 15.0. The number of aromatic amines is 1. The van der Waals surface area contributed by atoms with Crippen molar-refractivity contribution in [2.24, 2.45) is 0 Å². The molecule has 0 bridgehead atoms. The van der Waals surface area contributed by atoms with E-state index in [0.717, 1.165) is 16.7 Å². The zero-order valence-corrected chi connectivity index (χ0v) is 21.3. The molecule has 3 aromatic carbocycles. The summed E-state index contributed by atoms with van der Waals surface area (Å²) >= 11 is 0. The van der Waals surface area contributed by atoms with Crippen molar-refractivity contribution in [2.45, 2.75) is 27.0 Å². The maximum atomic E-state index is 13.9. The molecular formula is C28H29FN4O4. The zero-order chi connectivity index (χ0) is 26.9. The summed E-state index contributed by atoms with van der Waals surface area (Å²) in [5, 5.41) is 29.7. The van der Waals surface area contributed by atoms with Gasteiger partial charge in [0.25, 0.3) is 11.7 Å². The van der Waals surface area contributed by atoms with Gasteiger partial charge in [0.05, 0.1) is 12.7 Å². The van der Waals surface area contributed by atoms with Crippen LogP contribution in [0.4, 0.5) is 10.1 Å². The molecule has 4 N–H and O–H groups in total. The highest BCUT2D eigenvalue weighted by Crippen LogP contribution is 2.37. The monoisotopic (exact) mass is 504 g/mol. The Hall–Kier alpha value is -4.37. The van der Waals surface area contributed by atoms with Crippen LogP contribution < -0.4 is 20.1 Å². The van der Waals surface area contributed by atoms with Crippen LogP contribution in [0.5, 0.6) is 5.75 Å². The number of ether oxygens (including phenoxy) is 1. The lowest BCUT2D eigenvalue weighted by Gasteiger charge is -2.17. The van der Waals surface area contributed by atoms with Crippen molar-refractivity contribution in [2.75, 3.05) is 19.5 Å². The molecule has 192 valence electrons. The Kier molecular flexibility index (Phi) is 7.17. The summed E-state index contributed by atoms with van der Waals surface area (Å²) in [5.74, 6) is 0.228. The first-order valence-corrected chi connectivity index (χ1v) is 11.7. The van der Waals surface area contributed by atoms with Gasteiger partial charge in [-0.05, 0) is 79.1 Å². The maximum Gasteiger partial charge on any atom is 0.290 e. The molecule has 1 heterocycles. The molecule has 0 saturated heterocycles. The van der Waals surface area contributed by atoms with Crippen LogP contribution in [0.3, 0.4) is 0 Å². The zero-order valence-electron chi connectivity index (χ0n) is 21.3. The highest BCUT2D eigenvalue weighted by atomic mass is 19.1. The quantitative estimate of drug-likeness (QED) is 0.168. The number of hydrogen-bond donors (Lipinski definition) is 4. The third-order valence-corrected chi connectivity index (χ3v) is 6.27. The number of nitrogens with zero attached hydrogens (tertiary/aromatic N) is 1. The SMILES string of the molecule is CNC(=O)c1cccc(NC(O)c2c(C)[nH]c(-c3ccc(OC)c(-c4c(C)cc(F)cc4C)c3)[n+]2[O-])c1. The van der Waals surface area contributed by atoms with Gasteiger partial charge in [-0.2, -0.15) is 0 Å². The summed E-state index contributed by atoms with van der Waals surface area (Å²) < 4.78 is 20.1. The van der Waals surface area contributed by atoms with Gasteiger partial charge in [-0.3, -0.25) is 4.79 Å². The lowest BCUT2D eigenvalue weighted by atomic mass is 9.93. The van der Waals surface area contributed by atoms with E-state index in [1.54, 1.807) is 50.4 Å². The number of aliphatic hydroxyl groups is 1. The molecule has 8 nitrogen and oxygen atoms in total. The molecule has 0 fully saturated rings. The molecule has 4 rings (SSSR count). The van der Waals surface area contributed by atoms with Crippen LogP contribution in [0.1, 0.15) is 39.1 Å². The molecule has 1 atom stereocenters. The van der Waals surface area contributed by atoms with Crippen LogP contribution in [-0.4, -0.2) is 30.2 Å². The van der Waals surface area contributed by atoms with Crippen LogP contribution in [0.25, 0.3) is 22.5 Å². The van der Waals surface area contributed by atoms with Gasteiger partial charge in [0.2, 0.25) is 0 Å². The fourth-order valence-electron chi connectivity index (χ4n) is 4.58. The van der Waals surface area contributed by atoms with E-state index in [-0.39, 0.29) is 23.2 Å². The van der Waals surface area contributed by atoms with Crippen molar-refractivity contribution < 1.29 is 23.8 Å². The Morgan fingerprint density at radius 1 is 1.11 bits per heavy atom. The van der Waals surface area contributed by atoms with Crippen LogP contribution in [0, 0.1) is 31.8 Å². The molecule has 0 aliphatic rings. The second-order valence-corrected chi connectivity index (χ2v) is 8.81. The molecule has 0 saturated carbocycles. The van der Waals surface area contributed by atoms with E-state index in [1.807, 2.05) is 19.9 Å². The van der Waals surface area contributed by atoms with Crippen molar-refractivity contribution >= 4 is 11.6 Å². The highest BCUT2D eigenvalue weighted by Gasteiger charge is 2.26. The number of methoxy groups -OCH3 is 1. The number of halogens is 1. The van der Waals surface area contributed by atoms with Crippen molar-refractivity contribution in [1.82, 2.24) is 10.3 Å². The molecule has 1 amide bonds. The number of anilines is 1. The highest BCUT2D eigenvalue weighted by molar-refractivity contribution is 5.94. The number of hydrogen-bond acceptors (Lipinski definition) is 5. The molecule has 0 aliphatic heterocycles. The first-order valence-electron chi connectivity index (χ1n) is 11.7. The molecule has 0 radical (unpaired) electrons. The summed E-state index contributed by atoms with van der Waals surface area (Å²) in [7, 11) is 3.09. The standard InChI is InChI=1S/C28H29FN4O4/c1-15-11-20(29)12-16(2)24(15)22-14-18(9-10-23(22)37-5)26-31-17(3)25(33(26)36)28(35)32-21-8-6-7-19(13-21)27(34)30-4/h6-14,28,31-32,35H,1-5H3,(H,30,34). The van der Waals surface area contributed by atoms with Crippen LogP contribution >= 0.6 is 0 Å². The van der Waals surface area contributed by atoms with E-state index in [9.17, 15) is 19.5 Å². The fourth-order valence-corrected chi connectivity index (χ4v) is 4.58. The van der Waals surface area contributed by atoms with Gasteiger partial charge in [-0.1, -0.05) is 6.07 Å². The number of carbonyl (C=O) groups is 1. The number of nitrogens with one attached hydrogen (secondary N) is 3. The van der Waals surface area contributed by atoms with Crippen LogP contribution in [0.2, 0.25) is 0 Å². The first-order chi connectivity index (χ1) is 17.6. The minimum atomic E-state index is -1.35. The van der Waals surface area contributed by atoms with Crippen molar-refractivity contribution in [1.29, 1.82) is 0 Å². The minimum absolute atomic E-state index is 0.0897. The third-order valence-electron chi connectivity index (χ3n) is 6.27. The number of benzene rings is 3. The Labute approximate surface area is 214 Å². The number of H-pyrrole nitrogens is 1. The fraction of sp³-hybridized carbons (Fsp3) is 0.214. The maximum absolute atomic E-state index is 13.9. The molecule has 1 aromatic heterocycles. The van der Waals surface area contributed by atoms with Gasteiger partial charge in [-0.15, -0.1) is 0 Å². The Morgan fingerprint density at radius 2 is 1.81 bits per heavy atom. The van der Waals surface area contributed by atoms with Crippen LogP contribution in [-0.2, 0) is 0 Å². The Balaban J connectivity index is 1.73. The van der Waals surface area contributed by atoms with Gasteiger partial charge >= 0.3 is 0 Å². The molecule has 9 heteroatoms. The van der Waals surface area contributed by atoms with Crippen molar-refractivity contribution in [3.8, 4) is 28.3 Å². The summed E-state index contributed by atoms with van der Waals surface area (Å²) in [5.41, 5.74) is 5.04. The van der Waals surface area contributed by atoms with Gasteiger partial charge in [0.15, 0.2) is 11.9 Å². The second kappa shape index (κ2) is 10.3. The van der Waals surface area contributed by atoms with E-state index in [4.69, 9.17) is 4.74 Å². The van der Waals surface area contributed by atoms with Gasteiger partial charge < -0.3 is 25.7 Å². The van der Waals surface area contributed by atoms with Gasteiger partial charge in [0.1, 0.15) is 17.3 Å². The molecule has 1 unspecified atom stereocenters. The Morgan fingerprint density at radius 3 is 2.46 bits per heavy atom. The van der Waals surface area contributed by atoms with Gasteiger partial charge in [-0.25, -0.2) is 14.1 Å². The normalized spacial score (nSPS) is 11.8. The average molecular weight is 505 g/mol. The molecule has 0 aliphatic carbocycles. The molecular weight excluding hydrogens is 475 g/mol. The predicted molar refractivity (Wildman–Crippen MR) is 140 cm³/mol. The summed E-state index contributed by atoms with van der Waals surface area (Å²) in [6.07, 6.45) is -1.35.